The Hall–Kier alpha value is -1.26. The van der Waals surface area contributed by atoms with E-state index in [2.05, 4.69) is 9.98 Å². The first kappa shape index (κ1) is 18.8. The van der Waals surface area contributed by atoms with Crippen molar-refractivity contribution >= 4 is 29.9 Å². The van der Waals surface area contributed by atoms with Crippen molar-refractivity contribution in [2.24, 2.45) is 10.7 Å². The van der Waals surface area contributed by atoms with Gasteiger partial charge in [0.2, 0.25) is 5.88 Å². The van der Waals surface area contributed by atoms with Crippen molar-refractivity contribution in [3.05, 3.63) is 23.9 Å². The normalized spacial score (nSPS) is 15.2. The lowest BCUT2D eigenvalue weighted by molar-refractivity contribution is -0.137. The van der Waals surface area contributed by atoms with Gasteiger partial charge >= 0.3 is 6.18 Å². The molecule has 9 heteroatoms. The van der Waals surface area contributed by atoms with Crippen molar-refractivity contribution in [1.82, 2.24) is 9.88 Å². The quantitative estimate of drug-likeness (QED) is 0.338. The van der Waals surface area contributed by atoms with Gasteiger partial charge in [0.15, 0.2) is 5.96 Å². The Labute approximate surface area is 143 Å². The molecular weight excluding hydrogens is 412 g/mol. The number of aromatic nitrogens is 1. The average molecular weight is 430 g/mol. The lowest BCUT2D eigenvalue weighted by Gasteiger charge is -2.16. The van der Waals surface area contributed by atoms with Crippen LogP contribution in [0.3, 0.4) is 0 Å². The van der Waals surface area contributed by atoms with E-state index >= 15 is 0 Å². The molecule has 1 aliphatic carbocycles. The second kappa shape index (κ2) is 7.84. The Balaban J connectivity index is 0.00000242. The molecule has 1 fully saturated rings. The van der Waals surface area contributed by atoms with Crippen LogP contribution in [0.15, 0.2) is 23.3 Å². The lowest BCUT2D eigenvalue weighted by atomic mass is 10.3. The zero-order valence-electron chi connectivity index (χ0n) is 12.0. The third-order valence-electron chi connectivity index (χ3n) is 3.13. The number of ether oxygens (including phenoxy) is 1. The number of alkyl halides is 3. The number of guanidine groups is 1. The van der Waals surface area contributed by atoms with Gasteiger partial charge in [-0.25, -0.2) is 9.98 Å². The Morgan fingerprint density at radius 3 is 2.64 bits per heavy atom. The molecule has 1 saturated carbocycles. The number of hydrogen-bond acceptors (Lipinski definition) is 3. The van der Waals surface area contributed by atoms with E-state index in [1.165, 1.54) is 6.07 Å². The minimum absolute atomic E-state index is 0. The van der Waals surface area contributed by atoms with Gasteiger partial charge in [0.1, 0.15) is 6.61 Å². The van der Waals surface area contributed by atoms with Crippen molar-refractivity contribution in [2.45, 2.75) is 25.1 Å². The second-order valence-corrected chi connectivity index (χ2v) is 4.81. The molecule has 2 rings (SSSR count). The second-order valence-electron chi connectivity index (χ2n) is 4.81. The van der Waals surface area contributed by atoms with E-state index in [4.69, 9.17) is 10.5 Å². The first-order valence-electron chi connectivity index (χ1n) is 6.56. The van der Waals surface area contributed by atoms with Crippen molar-refractivity contribution < 1.29 is 17.9 Å². The van der Waals surface area contributed by atoms with Crippen LogP contribution in [0.4, 0.5) is 13.2 Å². The topological polar surface area (TPSA) is 63.7 Å². The standard InChI is InChI=1S/C13H17F3N4O.HI/c1-20(10-3-4-10)12(17)18-6-7-21-11-5-2-9(8-19-11)13(14,15)16;/h2,5,8,10H,3-4,6-7H2,1H3,(H2,17,18);1H. The number of halogens is 4. The molecule has 1 aromatic rings. The fraction of sp³-hybridized carbons (Fsp3) is 0.538. The Morgan fingerprint density at radius 2 is 2.14 bits per heavy atom. The molecule has 1 aliphatic rings. The summed E-state index contributed by atoms with van der Waals surface area (Å²) in [4.78, 5) is 9.66. The molecule has 124 valence electrons. The Bertz CT molecular complexity index is 503. The minimum Gasteiger partial charge on any atom is -0.476 e. The summed E-state index contributed by atoms with van der Waals surface area (Å²) >= 11 is 0. The fourth-order valence-corrected chi connectivity index (χ4v) is 1.70. The molecule has 22 heavy (non-hydrogen) atoms. The molecule has 0 atom stereocenters. The molecule has 2 N–H and O–H groups in total. The molecule has 1 aromatic heterocycles. The van der Waals surface area contributed by atoms with Gasteiger partial charge in [0, 0.05) is 25.4 Å². The minimum atomic E-state index is -4.39. The molecule has 0 aliphatic heterocycles. The smallest absolute Gasteiger partial charge is 0.417 e. The predicted octanol–water partition coefficient (Wildman–Crippen LogP) is 2.51. The molecular formula is C13H18F3IN4O. The van der Waals surface area contributed by atoms with Gasteiger partial charge < -0.3 is 15.4 Å². The van der Waals surface area contributed by atoms with Gasteiger partial charge in [0.25, 0.3) is 0 Å². The number of nitrogens with zero attached hydrogens (tertiary/aromatic N) is 3. The highest BCUT2D eigenvalue weighted by Gasteiger charge is 2.30. The Morgan fingerprint density at radius 1 is 1.45 bits per heavy atom. The zero-order valence-corrected chi connectivity index (χ0v) is 14.3. The first-order valence-corrected chi connectivity index (χ1v) is 6.56. The molecule has 5 nitrogen and oxygen atoms in total. The summed E-state index contributed by atoms with van der Waals surface area (Å²) in [5.74, 6) is 0.578. The maximum absolute atomic E-state index is 12.3. The molecule has 0 spiro atoms. The number of hydrogen-bond donors (Lipinski definition) is 1. The van der Waals surface area contributed by atoms with Crippen molar-refractivity contribution in [3.8, 4) is 5.88 Å². The van der Waals surface area contributed by atoms with Crippen LogP contribution in [0.5, 0.6) is 5.88 Å². The van der Waals surface area contributed by atoms with Crippen LogP contribution in [0.2, 0.25) is 0 Å². The third-order valence-corrected chi connectivity index (χ3v) is 3.13. The van der Waals surface area contributed by atoms with Gasteiger partial charge in [-0.2, -0.15) is 13.2 Å². The van der Waals surface area contributed by atoms with Crippen molar-refractivity contribution in [2.75, 3.05) is 20.2 Å². The number of nitrogens with two attached hydrogens (primary N) is 1. The van der Waals surface area contributed by atoms with E-state index in [0.29, 0.717) is 18.5 Å². The summed E-state index contributed by atoms with van der Waals surface area (Å²) in [6, 6.07) is 2.60. The molecule has 0 bridgehead atoms. The van der Waals surface area contributed by atoms with Crippen LogP contribution in [0, 0.1) is 0 Å². The van der Waals surface area contributed by atoms with Crippen LogP contribution in [0.25, 0.3) is 0 Å². The molecule has 0 aromatic carbocycles. The average Bonchev–Trinajstić information content (AvgIpc) is 3.26. The summed E-state index contributed by atoms with van der Waals surface area (Å²) in [6.07, 6.45) is -1.40. The molecule has 1 heterocycles. The first-order chi connectivity index (χ1) is 9.88. The number of rotatable bonds is 5. The van der Waals surface area contributed by atoms with Crippen molar-refractivity contribution in [1.29, 1.82) is 0 Å². The maximum atomic E-state index is 12.3. The van der Waals surface area contributed by atoms with E-state index in [0.717, 1.165) is 25.1 Å². The van der Waals surface area contributed by atoms with Gasteiger partial charge in [-0.1, -0.05) is 0 Å². The summed E-state index contributed by atoms with van der Waals surface area (Å²) in [6.45, 7) is 0.531. The summed E-state index contributed by atoms with van der Waals surface area (Å²) < 4.78 is 42.3. The third kappa shape index (κ3) is 5.50. The maximum Gasteiger partial charge on any atom is 0.417 e. The van der Waals surface area contributed by atoms with E-state index < -0.39 is 11.7 Å². The van der Waals surface area contributed by atoms with Gasteiger partial charge in [-0.15, -0.1) is 24.0 Å². The summed E-state index contributed by atoms with van der Waals surface area (Å²) in [5, 5.41) is 0. The van der Waals surface area contributed by atoms with E-state index in [9.17, 15) is 13.2 Å². The van der Waals surface area contributed by atoms with E-state index in [1.54, 1.807) is 0 Å². The van der Waals surface area contributed by atoms with Gasteiger partial charge in [-0.05, 0) is 18.9 Å². The molecule has 0 saturated heterocycles. The fourth-order valence-electron chi connectivity index (χ4n) is 1.70. The van der Waals surface area contributed by atoms with E-state index in [-0.39, 0.29) is 36.5 Å². The van der Waals surface area contributed by atoms with Crippen LogP contribution < -0.4 is 10.5 Å². The Kier molecular flexibility index (Phi) is 6.69. The number of pyridine rings is 1. The van der Waals surface area contributed by atoms with Crippen molar-refractivity contribution in [3.63, 3.8) is 0 Å². The van der Waals surface area contributed by atoms with Crippen LogP contribution in [-0.4, -0.2) is 42.1 Å². The molecule has 0 radical (unpaired) electrons. The number of aliphatic imine (C=N–C) groups is 1. The van der Waals surface area contributed by atoms with Gasteiger partial charge in [-0.3, -0.25) is 0 Å². The van der Waals surface area contributed by atoms with Gasteiger partial charge in [0.05, 0.1) is 12.1 Å². The molecule has 0 amide bonds. The lowest BCUT2D eigenvalue weighted by Crippen LogP contribution is -2.36. The SMILES string of the molecule is CN(C(N)=NCCOc1ccc(C(F)(F)F)cn1)C1CC1.I. The van der Waals surface area contributed by atoms with Crippen LogP contribution in [-0.2, 0) is 6.18 Å². The predicted molar refractivity (Wildman–Crippen MR) is 87.4 cm³/mol. The van der Waals surface area contributed by atoms with E-state index in [1.807, 2.05) is 11.9 Å². The highest BCUT2D eigenvalue weighted by Crippen LogP contribution is 2.29. The highest BCUT2D eigenvalue weighted by molar-refractivity contribution is 14.0. The zero-order chi connectivity index (χ0) is 15.5. The molecule has 0 unspecified atom stereocenters. The summed E-state index contributed by atoms with van der Waals surface area (Å²) in [5.41, 5.74) is 4.98. The summed E-state index contributed by atoms with van der Waals surface area (Å²) in [7, 11) is 1.88. The monoisotopic (exact) mass is 430 g/mol. The largest absolute Gasteiger partial charge is 0.476 e. The van der Waals surface area contributed by atoms with Crippen LogP contribution in [0.1, 0.15) is 18.4 Å². The highest BCUT2D eigenvalue weighted by atomic mass is 127. The van der Waals surface area contributed by atoms with Crippen LogP contribution >= 0.6 is 24.0 Å².